The number of nitrogens with one attached hydrogen (secondary N) is 8. The van der Waals surface area contributed by atoms with E-state index in [1.54, 1.807) is 55.4 Å². The SMILES string of the molecule is Cc1cc(N2CCN(C)CC2)ccc1Nc1ccc(-c2cn[nH]c2)n2ccnc12.Cc1cc(Nc2ccc(-c3cc[nH]c(=O)c3)n3ccnc23)ccc1N1CCOCC1.Cc1ccc(CN2CCN(C(=O)c3ccc(Nc4ccc(-c5cc[nH]c(=O)c5)n5ccnc45)cc3)CC2)cc1.O=C(c1ccc(Nc2ccc(-c3cc[nH]c(=O)c3)n3ccnc23)cc1)N1CCc2ccccc2C1. The summed E-state index contributed by atoms with van der Waals surface area (Å²) < 4.78 is 13.4. The molecule has 0 radical (unpaired) electrons. The van der Waals surface area contributed by atoms with Crippen molar-refractivity contribution in [2.75, 3.05) is 123 Å². The van der Waals surface area contributed by atoms with Gasteiger partial charge < -0.3 is 65.5 Å². The molecule has 6 aromatic carbocycles. The van der Waals surface area contributed by atoms with Gasteiger partial charge in [-0.05, 0) is 214 Å². The fraction of sp³-hybridized carbons (Fsp3) is 0.192. The summed E-state index contributed by atoms with van der Waals surface area (Å²) in [4.78, 5) is 101. The number of carbonyl (C=O) groups is 2. The van der Waals surface area contributed by atoms with Gasteiger partial charge >= 0.3 is 0 Å². The number of aromatic nitrogens is 13. The van der Waals surface area contributed by atoms with Crippen molar-refractivity contribution in [2.45, 2.75) is 40.3 Å². The number of rotatable bonds is 18. The van der Waals surface area contributed by atoms with E-state index in [2.05, 4.69) is 209 Å². The molecular formula is C104H101N23O6. The molecule has 0 unspecified atom stereocenters. The highest BCUT2D eigenvalue weighted by Crippen LogP contribution is 2.36. The molecule has 0 aliphatic carbocycles. The predicted octanol–water partition coefficient (Wildman–Crippen LogP) is 16.4. The van der Waals surface area contributed by atoms with Crippen molar-refractivity contribution in [3.05, 3.63) is 375 Å². The Kier molecular flexibility index (Phi) is 25.3. The average Bonchev–Trinajstić information content (AvgIpc) is 1.56. The standard InChI is InChI=1S/C31H30N6O2.C28H23N5O2.C23H23N5O2.C22H25N7/c1-22-2-4-23(5-3-22)21-35-16-18-36(19-17-35)31(39)24-6-8-26(9-7-24)34-27-10-11-28(37-15-14-33-30(27)37)25-12-13-32-29(38)20-25;34-26-17-21(11-13-29-26)25-10-9-24(27-30-14-16-33(25)27)31-23-7-5-20(6-8-23)28(35)32-15-12-19-3-1-2-4-22(19)18-32;1-16-14-18(2-4-20(16)27-10-12-30-13-11-27)26-19-3-5-21(28-9-8-25-23(19)28)17-6-7-24-22(29)15-17;1-16-13-18(28-11-9-27(2)10-12-28)3-4-19(16)26-20-5-6-21(17-14-24-25-15-17)29-8-7-23-22(20)29/h2-15,20,34H,16-19,21H2,1H3,(H,32,38);1-11,13-14,16-17,31H,12,15,18H2,(H,29,34);2-9,14-15,26H,10-13H2,1H3,(H,24,29);3-8,13-15,26H,9-12H2,1-2H3,(H,24,25). The quantitative estimate of drug-likeness (QED) is 0.0396. The van der Waals surface area contributed by atoms with Crippen LogP contribution in [0.5, 0.6) is 0 Å². The summed E-state index contributed by atoms with van der Waals surface area (Å²) in [6.45, 7) is 19.6. The molecule has 4 aliphatic rings. The van der Waals surface area contributed by atoms with E-state index in [-0.39, 0.29) is 28.5 Å². The van der Waals surface area contributed by atoms with E-state index in [1.807, 2.05) is 176 Å². The number of morpholine rings is 1. The van der Waals surface area contributed by atoms with Crippen LogP contribution in [0.3, 0.4) is 0 Å². The van der Waals surface area contributed by atoms with Gasteiger partial charge in [-0.2, -0.15) is 5.10 Å². The number of amides is 2. The number of carbonyl (C=O) groups excluding carboxylic acids is 2. The van der Waals surface area contributed by atoms with Crippen LogP contribution in [0.4, 0.5) is 56.9 Å². The second-order valence-electron chi connectivity index (χ2n) is 33.7. The molecule has 0 spiro atoms. The summed E-state index contributed by atoms with van der Waals surface area (Å²) in [5.41, 5.74) is 28.8. The van der Waals surface area contributed by atoms with Crippen molar-refractivity contribution in [2.24, 2.45) is 0 Å². The number of fused-ring (bicyclic) bond motifs is 5. The van der Waals surface area contributed by atoms with Crippen LogP contribution in [-0.2, 0) is 24.2 Å². The van der Waals surface area contributed by atoms with Gasteiger partial charge in [0.25, 0.3) is 11.8 Å². The van der Waals surface area contributed by atoms with Crippen LogP contribution < -0.4 is 47.7 Å². The molecule has 8 N–H and O–H groups in total. The molecule has 12 aromatic heterocycles. The highest BCUT2D eigenvalue weighted by Gasteiger charge is 2.26. The second kappa shape index (κ2) is 39.0. The van der Waals surface area contributed by atoms with Crippen LogP contribution >= 0.6 is 0 Å². The molecule has 0 bridgehead atoms. The number of ether oxygens (including phenoxy) is 1. The van der Waals surface area contributed by atoms with Crippen molar-refractivity contribution >= 4 is 91.3 Å². The van der Waals surface area contributed by atoms with Crippen molar-refractivity contribution < 1.29 is 14.3 Å². The summed E-state index contributed by atoms with van der Waals surface area (Å²) in [7, 11) is 2.18. The maximum atomic E-state index is 13.2. The highest BCUT2D eigenvalue weighted by atomic mass is 16.5. The van der Waals surface area contributed by atoms with E-state index in [4.69, 9.17) is 4.74 Å². The zero-order valence-electron chi connectivity index (χ0n) is 74.3. The molecule has 133 heavy (non-hydrogen) atoms. The van der Waals surface area contributed by atoms with E-state index < -0.39 is 0 Å². The minimum atomic E-state index is -0.152. The molecule has 16 heterocycles. The van der Waals surface area contributed by atoms with Gasteiger partial charge in [-0.1, -0.05) is 54.1 Å². The number of anilines is 10. The molecule has 0 saturated carbocycles. The Morgan fingerprint density at radius 1 is 0.406 bits per heavy atom. The molecule has 4 aliphatic heterocycles. The molecular weight excluding hydrogens is 1670 g/mol. The molecule has 29 nitrogen and oxygen atoms in total. The second-order valence-corrected chi connectivity index (χ2v) is 33.7. The number of piperazine rings is 2. The van der Waals surface area contributed by atoms with E-state index in [1.165, 1.54) is 44.8 Å². The van der Waals surface area contributed by atoms with Gasteiger partial charge in [-0.25, -0.2) is 19.9 Å². The average molecular weight is 1770 g/mol. The van der Waals surface area contributed by atoms with E-state index in [9.17, 15) is 24.0 Å². The number of aromatic amines is 4. The van der Waals surface area contributed by atoms with Gasteiger partial charge in [0.05, 0.1) is 64.9 Å². The van der Waals surface area contributed by atoms with E-state index >= 15 is 0 Å². The number of aryl methyl sites for hydroxylation is 3. The first kappa shape index (κ1) is 86.2. The van der Waals surface area contributed by atoms with Gasteiger partial charge in [-0.3, -0.25) is 51.6 Å². The molecule has 0 atom stereocenters. The number of benzene rings is 6. The molecule has 3 fully saturated rings. The van der Waals surface area contributed by atoms with Crippen LogP contribution in [0, 0.1) is 20.8 Å². The number of H-pyrrole nitrogens is 4. The van der Waals surface area contributed by atoms with Crippen LogP contribution in [0.2, 0.25) is 0 Å². The number of imidazole rings is 4. The smallest absolute Gasteiger partial charge is 0.254 e. The number of hydrogen-bond donors (Lipinski definition) is 8. The van der Waals surface area contributed by atoms with Gasteiger partial charge in [-0.15, -0.1) is 0 Å². The number of pyridine rings is 7. The largest absolute Gasteiger partial charge is 0.378 e. The lowest BCUT2D eigenvalue weighted by atomic mass is 9.99. The maximum absolute atomic E-state index is 13.2. The topological polar surface area (TPSA) is 307 Å². The van der Waals surface area contributed by atoms with Crippen LogP contribution in [-0.4, -0.2) is 186 Å². The van der Waals surface area contributed by atoms with Crippen molar-refractivity contribution in [1.82, 2.24) is 82.3 Å². The summed E-state index contributed by atoms with van der Waals surface area (Å²) in [5, 5.41) is 20.8. The Morgan fingerprint density at radius 3 is 1.35 bits per heavy atom. The fourth-order valence-corrected chi connectivity index (χ4v) is 17.6. The van der Waals surface area contributed by atoms with Crippen LogP contribution in [0.1, 0.15) is 54.1 Å². The minimum Gasteiger partial charge on any atom is -0.378 e. The first-order valence-corrected chi connectivity index (χ1v) is 44.7. The van der Waals surface area contributed by atoms with E-state index in [0.29, 0.717) is 17.7 Å². The first-order chi connectivity index (χ1) is 65.1. The lowest BCUT2D eigenvalue weighted by Crippen LogP contribution is -2.48. The first-order valence-electron chi connectivity index (χ1n) is 44.7. The Bertz CT molecular complexity index is 7380. The van der Waals surface area contributed by atoms with Gasteiger partial charge in [0.15, 0.2) is 22.6 Å². The fourth-order valence-electron chi connectivity index (χ4n) is 17.6. The number of likely N-dealkylation sites (N-methyl/N-ethyl adjacent to an activating group) is 1. The summed E-state index contributed by atoms with van der Waals surface area (Å²) in [5.74, 6) is 0.110. The molecule has 3 saturated heterocycles. The Morgan fingerprint density at radius 2 is 0.872 bits per heavy atom. The van der Waals surface area contributed by atoms with Crippen molar-refractivity contribution in [3.63, 3.8) is 0 Å². The molecule has 29 heteroatoms. The van der Waals surface area contributed by atoms with Crippen LogP contribution in [0.25, 0.3) is 67.6 Å². The lowest BCUT2D eigenvalue weighted by Gasteiger charge is -2.34. The molecule has 18 aromatic rings. The van der Waals surface area contributed by atoms with Crippen molar-refractivity contribution in [1.29, 1.82) is 0 Å². The number of hydrogen-bond acceptors (Lipinski definition) is 19. The third kappa shape index (κ3) is 19.6. The van der Waals surface area contributed by atoms with Gasteiger partial charge in [0.2, 0.25) is 16.7 Å². The van der Waals surface area contributed by atoms with Gasteiger partial charge in [0.1, 0.15) is 0 Å². The lowest BCUT2D eigenvalue weighted by molar-refractivity contribution is 0.0628. The monoisotopic (exact) mass is 1770 g/mol. The third-order valence-corrected chi connectivity index (χ3v) is 24.8. The Labute approximate surface area is 766 Å². The normalized spacial score (nSPS) is 14.0. The molecule has 668 valence electrons. The summed E-state index contributed by atoms with van der Waals surface area (Å²) in [6.07, 6.45) is 24.2. The Hall–Kier alpha value is -16.2. The van der Waals surface area contributed by atoms with Crippen molar-refractivity contribution in [3.8, 4) is 45.0 Å². The summed E-state index contributed by atoms with van der Waals surface area (Å²) >= 11 is 0. The molecule has 2 amide bonds. The predicted molar refractivity (Wildman–Crippen MR) is 525 cm³/mol. The van der Waals surface area contributed by atoms with Gasteiger partial charge in [0, 0.05) is 245 Å². The maximum Gasteiger partial charge on any atom is 0.254 e. The molecule has 22 rings (SSSR count). The summed E-state index contributed by atoms with van der Waals surface area (Å²) in [6, 6.07) is 71.5. The minimum absolute atomic E-state index is 0.0453. The van der Waals surface area contributed by atoms with E-state index in [0.717, 1.165) is 211 Å². The highest BCUT2D eigenvalue weighted by molar-refractivity contribution is 5.96. The van der Waals surface area contributed by atoms with Crippen LogP contribution in [0.15, 0.2) is 313 Å². The Balaban J connectivity index is 0.000000115. The zero-order valence-corrected chi connectivity index (χ0v) is 74.3. The number of nitrogens with zero attached hydrogens (tertiary/aromatic N) is 15. The zero-order chi connectivity index (χ0) is 90.8. The third-order valence-electron chi connectivity index (χ3n) is 24.8.